The zero-order valence-electron chi connectivity index (χ0n) is 18.3. The van der Waals surface area contributed by atoms with Gasteiger partial charge in [-0.1, -0.05) is 6.07 Å². The molecule has 3 heterocycles. The molecule has 170 valence electrons. The van der Waals surface area contributed by atoms with Crippen LogP contribution in [-0.2, 0) is 4.74 Å². The summed E-state index contributed by atoms with van der Waals surface area (Å²) in [5.41, 5.74) is 2.12. The first kappa shape index (κ1) is 22.2. The van der Waals surface area contributed by atoms with Gasteiger partial charge in [0.2, 0.25) is 0 Å². The second-order valence-electron chi connectivity index (χ2n) is 8.33. The Morgan fingerprint density at radius 2 is 2.06 bits per heavy atom. The predicted octanol–water partition coefficient (Wildman–Crippen LogP) is 2.57. The van der Waals surface area contributed by atoms with Gasteiger partial charge in [0.15, 0.2) is 0 Å². The molecule has 4 rings (SSSR count). The summed E-state index contributed by atoms with van der Waals surface area (Å²) in [4.78, 5) is 19.9. The van der Waals surface area contributed by atoms with E-state index in [1.165, 1.54) is 11.0 Å². The molecule has 9 heteroatoms. The summed E-state index contributed by atoms with van der Waals surface area (Å²) in [6, 6.07) is 8.78. The highest BCUT2D eigenvalue weighted by molar-refractivity contribution is 5.90. The molecule has 0 radical (unpaired) electrons. The van der Waals surface area contributed by atoms with Crippen LogP contribution in [0.3, 0.4) is 0 Å². The molecule has 2 saturated heterocycles. The third-order valence-corrected chi connectivity index (χ3v) is 5.96. The highest BCUT2D eigenvalue weighted by Crippen LogP contribution is 2.28. The van der Waals surface area contributed by atoms with E-state index in [1.807, 2.05) is 6.07 Å². The molecule has 1 aromatic carbocycles. The number of hydrazone groups is 1. The molecule has 0 aliphatic carbocycles. The lowest BCUT2D eigenvalue weighted by atomic mass is 10.1. The molecule has 2 aromatic rings. The number of aliphatic hydroxyl groups excluding tert-OH is 1. The number of piperidine rings is 1. The summed E-state index contributed by atoms with van der Waals surface area (Å²) in [6.07, 6.45) is 4.33. The van der Waals surface area contributed by atoms with Crippen LogP contribution >= 0.6 is 0 Å². The lowest BCUT2D eigenvalue weighted by molar-refractivity contribution is 0.0963. The molecular formula is C23H28FN5O3. The smallest absolute Gasteiger partial charge is 0.414 e. The number of nitrogens with zero attached hydrogens (tertiary/aromatic N) is 5. The lowest BCUT2D eigenvalue weighted by Crippen LogP contribution is -2.39. The zero-order valence-corrected chi connectivity index (χ0v) is 18.3. The Balaban J connectivity index is 1.40. The number of pyridine rings is 1. The fourth-order valence-corrected chi connectivity index (χ4v) is 4.00. The van der Waals surface area contributed by atoms with Gasteiger partial charge in [-0.15, -0.1) is 0 Å². The third kappa shape index (κ3) is 4.89. The molecule has 2 aliphatic rings. The van der Waals surface area contributed by atoms with Crippen LogP contribution in [0.5, 0.6) is 0 Å². The van der Waals surface area contributed by atoms with E-state index in [-0.39, 0.29) is 13.2 Å². The maximum absolute atomic E-state index is 14.8. The van der Waals surface area contributed by atoms with Gasteiger partial charge in [0, 0.05) is 36.5 Å². The van der Waals surface area contributed by atoms with Gasteiger partial charge in [0.1, 0.15) is 11.9 Å². The maximum atomic E-state index is 14.8. The van der Waals surface area contributed by atoms with Crippen LogP contribution in [0.2, 0.25) is 0 Å². The van der Waals surface area contributed by atoms with Gasteiger partial charge in [-0.3, -0.25) is 14.9 Å². The molecule has 2 fully saturated rings. The number of anilines is 1. The molecule has 1 amide bonds. The van der Waals surface area contributed by atoms with E-state index in [9.17, 15) is 9.18 Å². The van der Waals surface area contributed by atoms with Crippen molar-refractivity contribution < 1.29 is 19.0 Å². The number of ether oxygens (including phenoxy) is 1. The van der Waals surface area contributed by atoms with Crippen LogP contribution in [0, 0.1) is 5.82 Å². The van der Waals surface area contributed by atoms with Crippen molar-refractivity contribution >= 4 is 18.0 Å². The molecule has 0 unspecified atom stereocenters. The molecular weight excluding hydrogens is 413 g/mol. The molecule has 0 saturated carbocycles. The molecule has 32 heavy (non-hydrogen) atoms. The Hall–Kier alpha value is -3.04. The number of carbonyl (C=O) groups is 1. The van der Waals surface area contributed by atoms with Crippen molar-refractivity contribution in [1.82, 2.24) is 14.9 Å². The summed E-state index contributed by atoms with van der Waals surface area (Å²) >= 11 is 0. The van der Waals surface area contributed by atoms with Crippen LogP contribution < -0.4 is 4.90 Å². The SMILES string of the molecule is CN(C)C1CCN(/N=C/c2ccc(-c3ccc(N4C[C@H](CO)OC4=O)cc3F)cn2)CC1. The van der Waals surface area contributed by atoms with E-state index >= 15 is 0 Å². The number of benzene rings is 1. The van der Waals surface area contributed by atoms with Crippen molar-refractivity contribution in [3.8, 4) is 11.1 Å². The Morgan fingerprint density at radius 1 is 1.28 bits per heavy atom. The largest absolute Gasteiger partial charge is 0.441 e. The molecule has 2 aliphatic heterocycles. The fourth-order valence-electron chi connectivity index (χ4n) is 4.00. The van der Waals surface area contributed by atoms with E-state index in [0.29, 0.717) is 28.6 Å². The fraction of sp³-hybridized carbons (Fsp3) is 0.435. The summed E-state index contributed by atoms with van der Waals surface area (Å²) in [5, 5.41) is 15.7. The summed E-state index contributed by atoms with van der Waals surface area (Å²) in [7, 11) is 4.22. The van der Waals surface area contributed by atoms with Crippen LogP contribution in [0.25, 0.3) is 11.1 Å². The van der Waals surface area contributed by atoms with Crippen molar-refractivity contribution in [1.29, 1.82) is 0 Å². The van der Waals surface area contributed by atoms with E-state index in [4.69, 9.17) is 9.84 Å². The summed E-state index contributed by atoms with van der Waals surface area (Å²) in [5.74, 6) is -0.463. The highest BCUT2D eigenvalue weighted by atomic mass is 19.1. The molecule has 1 aromatic heterocycles. The number of amides is 1. The van der Waals surface area contributed by atoms with Crippen molar-refractivity contribution in [3.63, 3.8) is 0 Å². The Kier molecular flexibility index (Phi) is 6.66. The first-order valence-corrected chi connectivity index (χ1v) is 10.7. The first-order chi connectivity index (χ1) is 15.4. The summed E-state index contributed by atoms with van der Waals surface area (Å²) in [6.45, 7) is 1.76. The Labute approximate surface area is 186 Å². The average molecular weight is 442 g/mol. The van der Waals surface area contributed by atoms with Crippen LogP contribution in [0.4, 0.5) is 14.9 Å². The van der Waals surface area contributed by atoms with Crippen LogP contribution in [0.15, 0.2) is 41.6 Å². The predicted molar refractivity (Wildman–Crippen MR) is 120 cm³/mol. The lowest BCUT2D eigenvalue weighted by Gasteiger charge is -2.33. The Bertz CT molecular complexity index is 974. The van der Waals surface area contributed by atoms with E-state index in [1.54, 1.807) is 30.6 Å². The number of aliphatic hydroxyl groups is 1. The normalized spacial score (nSPS) is 19.9. The standard InChI is InChI=1S/C23H28FN5O3/c1-27(2)18-7-9-28(10-8-18)26-13-17-4-3-16(12-25-17)21-6-5-19(11-22(21)24)29-14-20(15-30)32-23(29)31/h3-6,11-13,18,20,30H,7-10,14-15H2,1-2H3/b26-13+/t20-/m1/s1. The highest BCUT2D eigenvalue weighted by Gasteiger charge is 2.32. The van der Waals surface area contributed by atoms with Crippen molar-refractivity contribution in [2.45, 2.75) is 25.0 Å². The zero-order chi connectivity index (χ0) is 22.7. The van der Waals surface area contributed by atoms with E-state index in [0.717, 1.165) is 25.9 Å². The first-order valence-electron chi connectivity index (χ1n) is 10.7. The average Bonchev–Trinajstić information content (AvgIpc) is 3.19. The van der Waals surface area contributed by atoms with Gasteiger partial charge < -0.3 is 14.7 Å². The Morgan fingerprint density at radius 3 is 2.66 bits per heavy atom. The van der Waals surface area contributed by atoms with E-state index < -0.39 is 18.0 Å². The van der Waals surface area contributed by atoms with Gasteiger partial charge in [0.05, 0.1) is 30.7 Å². The number of cyclic esters (lactones) is 1. The quantitative estimate of drug-likeness (QED) is 0.694. The van der Waals surface area contributed by atoms with Gasteiger partial charge in [0.25, 0.3) is 0 Å². The van der Waals surface area contributed by atoms with Crippen molar-refractivity contribution in [2.75, 3.05) is 45.2 Å². The van der Waals surface area contributed by atoms with Crippen molar-refractivity contribution in [2.24, 2.45) is 5.10 Å². The van der Waals surface area contributed by atoms with Crippen LogP contribution in [0.1, 0.15) is 18.5 Å². The summed E-state index contributed by atoms with van der Waals surface area (Å²) < 4.78 is 19.8. The third-order valence-electron chi connectivity index (χ3n) is 5.96. The van der Waals surface area contributed by atoms with Gasteiger partial charge in [-0.2, -0.15) is 5.10 Å². The van der Waals surface area contributed by atoms with E-state index in [2.05, 4.69) is 34.1 Å². The van der Waals surface area contributed by atoms with Gasteiger partial charge in [-0.25, -0.2) is 9.18 Å². The number of hydrogen-bond donors (Lipinski definition) is 1. The topological polar surface area (TPSA) is 81.5 Å². The molecule has 1 atom stereocenters. The number of aromatic nitrogens is 1. The monoisotopic (exact) mass is 441 g/mol. The molecule has 1 N–H and O–H groups in total. The van der Waals surface area contributed by atoms with Gasteiger partial charge >= 0.3 is 6.09 Å². The second kappa shape index (κ2) is 9.62. The minimum Gasteiger partial charge on any atom is -0.441 e. The minimum absolute atomic E-state index is 0.191. The van der Waals surface area contributed by atoms with Gasteiger partial charge in [-0.05, 0) is 51.2 Å². The van der Waals surface area contributed by atoms with Crippen molar-refractivity contribution in [3.05, 3.63) is 48.0 Å². The molecule has 0 bridgehead atoms. The number of halogens is 1. The minimum atomic E-state index is -0.594. The maximum Gasteiger partial charge on any atom is 0.414 e. The second-order valence-corrected chi connectivity index (χ2v) is 8.33. The number of hydrogen-bond acceptors (Lipinski definition) is 7. The molecule has 0 spiro atoms. The number of carbonyl (C=O) groups excluding carboxylic acids is 1. The van der Waals surface area contributed by atoms with Crippen LogP contribution in [-0.4, -0.2) is 84.8 Å². The number of rotatable bonds is 6. The molecule has 8 nitrogen and oxygen atoms in total.